The quantitative estimate of drug-likeness (QED) is 0.839. The van der Waals surface area contributed by atoms with Gasteiger partial charge in [-0.3, -0.25) is 4.79 Å². The Balaban J connectivity index is 2.24. The van der Waals surface area contributed by atoms with Gasteiger partial charge in [-0.15, -0.1) is 0 Å². The molecule has 4 nitrogen and oxygen atoms in total. The van der Waals surface area contributed by atoms with Crippen LogP contribution < -0.4 is 15.8 Å². The Labute approximate surface area is 118 Å². The molecule has 0 aliphatic rings. The molecule has 2 aromatic rings. The van der Waals surface area contributed by atoms with E-state index in [-0.39, 0.29) is 5.91 Å². The molecule has 2 rings (SSSR count). The minimum Gasteiger partial charge on any atom is -0.455 e. The highest BCUT2D eigenvalue weighted by atomic mass is 16.5. The zero-order valence-corrected chi connectivity index (χ0v) is 11.6. The number of carbonyl (C=O) groups excluding carboxylic acids is 1. The minimum atomic E-state index is -0.138. The fourth-order valence-electron chi connectivity index (χ4n) is 1.76. The van der Waals surface area contributed by atoms with E-state index in [1.807, 2.05) is 38.1 Å². The first-order valence-electron chi connectivity index (χ1n) is 6.52. The highest BCUT2D eigenvalue weighted by Gasteiger charge is 2.09. The van der Waals surface area contributed by atoms with E-state index in [1.54, 1.807) is 18.2 Å². The summed E-state index contributed by atoms with van der Waals surface area (Å²) in [6.45, 7) is 4.46. The molecule has 0 bridgehead atoms. The first-order valence-corrected chi connectivity index (χ1v) is 6.52. The molecule has 0 saturated heterocycles. The molecule has 1 amide bonds. The maximum Gasteiger partial charge on any atom is 0.251 e. The summed E-state index contributed by atoms with van der Waals surface area (Å²) < 4.78 is 5.73. The van der Waals surface area contributed by atoms with E-state index in [0.29, 0.717) is 29.3 Å². The van der Waals surface area contributed by atoms with Gasteiger partial charge in [-0.05, 0) is 44.2 Å². The van der Waals surface area contributed by atoms with Crippen LogP contribution >= 0.6 is 0 Å². The molecule has 0 heterocycles. The molecule has 4 heteroatoms. The number of ether oxygens (including phenoxy) is 1. The summed E-state index contributed by atoms with van der Waals surface area (Å²) >= 11 is 0. The van der Waals surface area contributed by atoms with Crippen molar-refractivity contribution in [1.82, 2.24) is 5.32 Å². The van der Waals surface area contributed by atoms with E-state index in [4.69, 9.17) is 10.5 Å². The molecule has 0 unspecified atom stereocenters. The first-order chi connectivity index (χ1) is 9.60. The van der Waals surface area contributed by atoms with Gasteiger partial charge < -0.3 is 15.8 Å². The second-order valence-corrected chi connectivity index (χ2v) is 4.53. The van der Waals surface area contributed by atoms with E-state index in [9.17, 15) is 4.79 Å². The average Bonchev–Trinajstić information content (AvgIpc) is 2.44. The predicted molar refractivity (Wildman–Crippen MR) is 80.1 cm³/mol. The van der Waals surface area contributed by atoms with Crippen LogP contribution in [-0.2, 0) is 0 Å². The lowest BCUT2D eigenvalue weighted by Gasteiger charge is -2.10. The zero-order valence-electron chi connectivity index (χ0n) is 11.6. The number of carbonyl (C=O) groups is 1. The number of aryl methyl sites for hydroxylation is 1. The summed E-state index contributed by atoms with van der Waals surface area (Å²) in [5.74, 6) is 1.04. The molecule has 0 saturated carbocycles. The van der Waals surface area contributed by atoms with Crippen molar-refractivity contribution in [2.24, 2.45) is 0 Å². The van der Waals surface area contributed by atoms with Gasteiger partial charge in [-0.25, -0.2) is 0 Å². The Morgan fingerprint density at radius 1 is 1.20 bits per heavy atom. The van der Waals surface area contributed by atoms with Crippen LogP contribution in [0.3, 0.4) is 0 Å². The van der Waals surface area contributed by atoms with Crippen LogP contribution in [0.2, 0.25) is 0 Å². The number of nitrogens with two attached hydrogens (primary N) is 1. The van der Waals surface area contributed by atoms with Crippen molar-refractivity contribution in [3.8, 4) is 11.5 Å². The molecular formula is C16H18N2O2. The Morgan fingerprint density at radius 3 is 2.55 bits per heavy atom. The first kappa shape index (κ1) is 13.9. The van der Waals surface area contributed by atoms with E-state index >= 15 is 0 Å². The molecule has 20 heavy (non-hydrogen) atoms. The van der Waals surface area contributed by atoms with E-state index in [0.717, 1.165) is 5.56 Å². The summed E-state index contributed by atoms with van der Waals surface area (Å²) in [6.07, 6.45) is 0. The Hall–Kier alpha value is -2.49. The van der Waals surface area contributed by atoms with Crippen LogP contribution in [-0.4, -0.2) is 12.5 Å². The van der Waals surface area contributed by atoms with Crippen LogP contribution in [0.4, 0.5) is 5.69 Å². The fourth-order valence-corrected chi connectivity index (χ4v) is 1.76. The third-order valence-corrected chi connectivity index (χ3v) is 2.86. The van der Waals surface area contributed by atoms with Gasteiger partial charge in [0.1, 0.15) is 5.75 Å². The lowest BCUT2D eigenvalue weighted by molar-refractivity contribution is 0.0955. The monoisotopic (exact) mass is 270 g/mol. The molecule has 0 fully saturated rings. The molecule has 0 aliphatic carbocycles. The number of nitrogens with one attached hydrogen (secondary N) is 1. The summed E-state index contributed by atoms with van der Waals surface area (Å²) in [7, 11) is 0. The molecule has 2 aromatic carbocycles. The minimum absolute atomic E-state index is 0.138. The number of hydrogen-bond acceptors (Lipinski definition) is 3. The lowest BCUT2D eigenvalue weighted by Crippen LogP contribution is -2.22. The van der Waals surface area contributed by atoms with Gasteiger partial charge in [-0.1, -0.05) is 17.7 Å². The second-order valence-electron chi connectivity index (χ2n) is 4.53. The number of benzene rings is 2. The largest absolute Gasteiger partial charge is 0.455 e. The van der Waals surface area contributed by atoms with Crippen LogP contribution in [0.25, 0.3) is 0 Å². The van der Waals surface area contributed by atoms with Crippen molar-refractivity contribution < 1.29 is 9.53 Å². The topological polar surface area (TPSA) is 64.4 Å². The van der Waals surface area contributed by atoms with Crippen LogP contribution in [0.5, 0.6) is 11.5 Å². The summed E-state index contributed by atoms with van der Waals surface area (Å²) in [5, 5.41) is 2.74. The molecule has 0 spiro atoms. The number of rotatable bonds is 4. The lowest BCUT2D eigenvalue weighted by atomic mass is 10.1. The molecule has 0 aromatic heterocycles. The van der Waals surface area contributed by atoms with Gasteiger partial charge in [-0.2, -0.15) is 0 Å². The predicted octanol–water partition coefficient (Wildman–Crippen LogP) is 3.12. The van der Waals surface area contributed by atoms with Crippen molar-refractivity contribution in [2.75, 3.05) is 12.3 Å². The third kappa shape index (κ3) is 3.29. The number of hydrogen-bond donors (Lipinski definition) is 2. The average molecular weight is 270 g/mol. The Bertz CT molecular complexity index is 606. The molecule has 104 valence electrons. The van der Waals surface area contributed by atoms with Gasteiger partial charge in [0, 0.05) is 12.1 Å². The number of anilines is 1. The van der Waals surface area contributed by atoms with Crippen LogP contribution in [0.1, 0.15) is 22.8 Å². The number of nitrogen functional groups attached to an aromatic ring is 1. The van der Waals surface area contributed by atoms with Crippen molar-refractivity contribution >= 4 is 11.6 Å². The SMILES string of the molecule is CCNC(=O)c1ccc(N)c(Oc2ccc(C)cc2)c1. The zero-order chi connectivity index (χ0) is 14.5. The van der Waals surface area contributed by atoms with E-state index < -0.39 is 0 Å². The van der Waals surface area contributed by atoms with Crippen molar-refractivity contribution in [2.45, 2.75) is 13.8 Å². The van der Waals surface area contributed by atoms with Gasteiger partial charge in [0.15, 0.2) is 5.75 Å². The normalized spacial score (nSPS) is 10.1. The summed E-state index contributed by atoms with van der Waals surface area (Å²) in [5.41, 5.74) is 8.07. The van der Waals surface area contributed by atoms with Gasteiger partial charge in [0.05, 0.1) is 5.69 Å². The van der Waals surface area contributed by atoms with E-state index in [1.165, 1.54) is 0 Å². The highest BCUT2D eigenvalue weighted by Crippen LogP contribution is 2.28. The summed E-state index contributed by atoms with van der Waals surface area (Å²) in [6, 6.07) is 12.7. The molecular weight excluding hydrogens is 252 g/mol. The van der Waals surface area contributed by atoms with Gasteiger partial charge in [0.2, 0.25) is 0 Å². The second kappa shape index (κ2) is 6.10. The van der Waals surface area contributed by atoms with Crippen molar-refractivity contribution in [3.63, 3.8) is 0 Å². The summed E-state index contributed by atoms with van der Waals surface area (Å²) in [4.78, 5) is 11.8. The van der Waals surface area contributed by atoms with E-state index in [2.05, 4.69) is 5.32 Å². The smallest absolute Gasteiger partial charge is 0.251 e. The molecule has 0 aliphatic heterocycles. The maximum atomic E-state index is 11.8. The van der Waals surface area contributed by atoms with Crippen LogP contribution in [0, 0.1) is 6.92 Å². The van der Waals surface area contributed by atoms with Gasteiger partial charge >= 0.3 is 0 Å². The standard InChI is InChI=1S/C16H18N2O2/c1-3-18-16(19)12-6-9-14(17)15(10-12)20-13-7-4-11(2)5-8-13/h4-10H,3,17H2,1-2H3,(H,18,19). The molecule has 3 N–H and O–H groups in total. The number of amides is 1. The van der Waals surface area contributed by atoms with Gasteiger partial charge in [0.25, 0.3) is 5.91 Å². The molecule has 0 atom stereocenters. The third-order valence-electron chi connectivity index (χ3n) is 2.86. The van der Waals surface area contributed by atoms with Crippen molar-refractivity contribution in [1.29, 1.82) is 0 Å². The Kier molecular flexibility index (Phi) is 4.25. The van der Waals surface area contributed by atoms with Crippen LogP contribution in [0.15, 0.2) is 42.5 Å². The molecule has 0 radical (unpaired) electrons. The maximum absolute atomic E-state index is 11.8. The fraction of sp³-hybridized carbons (Fsp3) is 0.188. The van der Waals surface area contributed by atoms with Crippen molar-refractivity contribution in [3.05, 3.63) is 53.6 Å². The Morgan fingerprint density at radius 2 is 1.90 bits per heavy atom. The highest BCUT2D eigenvalue weighted by molar-refractivity contribution is 5.95.